The Kier molecular flexibility index (Phi) is 7.10. The van der Waals surface area contributed by atoms with Crippen LogP contribution in [0.5, 0.6) is 11.5 Å². The Morgan fingerprint density at radius 1 is 1.16 bits per heavy atom. The average molecular weight is 423 g/mol. The fourth-order valence-electron chi connectivity index (χ4n) is 3.47. The van der Waals surface area contributed by atoms with Crippen LogP contribution in [0.4, 0.5) is 0 Å². The number of benzene rings is 2. The lowest BCUT2D eigenvalue weighted by Crippen LogP contribution is -2.33. The summed E-state index contributed by atoms with van der Waals surface area (Å²) in [5, 5.41) is 20.6. The Hall–Kier alpha value is -3.58. The fraction of sp³-hybridized carbons (Fsp3) is 0.250. The van der Waals surface area contributed by atoms with Gasteiger partial charge in [-0.25, -0.2) is 0 Å². The second-order valence-electron chi connectivity index (χ2n) is 6.92. The van der Waals surface area contributed by atoms with E-state index in [9.17, 15) is 19.8 Å². The van der Waals surface area contributed by atoms with E-state index in [1.54, 1.807) is 25.1 Å². The molecule has 2 aromatic rings. The second kappa shape index (κ2) is 9.95. The summed E-state index contributed by atoms with van der Waals surface area (Å²) >= 11 is 0. The first-order valence-corrected chi connectivity index (χ1v) is 9.94. The highest BCUT2D eigenvalue weighted by molar-refractivity contribution is 6.14. The summed E-state index contributed by atoms with van der Waals surface area (Å²) < 4.78 is 10.5. The van der Waals surface area contributed by atoms with E-state index in [1.807, 2.05) is 30.3 Å². The summed E-state index contributed by atoms with van der Waals surface area (Å²) in [6, 6.07) is 13.0. The molecule has 0 saturated heterocycles. The molecule has 1 amide bonds. The van der Waals surface area contributed by atoms with Crippen LogP contribution in [0.25, 0.3) is 6.08 Å². The maximum atomic E-state index is 13.1. The molecule has 162 valence electrons. The van der Waals surface area contributed by atoms with Crippen LogP contribution in [0.15, 0.2) is 65.9 Å². The molecule has 7 heteroatoms. The predicted octanol–water partition coefficient (Wildman–Crippen LogP) is 3.42. The summed E-state index contributed by atoms with van der Waals surface area (Å²) in [6.07, 6.45) is 2.97. The molecule has 2 N–H and O–H groups in total. The molecular weight excluding hydrogens is 398 g/mol. The zero-order chi connectivity index (χ0) is 22.4. The normalized spacial score (nSPS) is 16.4. The van der Waals surface area contributed by atoms with Gasteiger partial charge in [0.2, 0.25) is 0 Å². The Balaban J connectivity index is 2.02. The van der Waals surface area contributed by atoms with Gasteiger partial charge in [0.05, 0.1) is 24.8 Å². The van der Waals surface area contributed by atoms with Crippen molar-refractivity contribution in [2.45, 2.75) is 13.0 Å². The van der Waals surface area contributed by atoms with Crippen molar-refractivity contribution < 1.29 is 29.3 Å². The second-order valence-corrected chi connectivity index (χ2v) is 6.92. The minimum Gasteiger partial charge on any atom is -0.504 e. The smallest absolute Gasteiger partial charge is 0.290 e. The van der Waals surface area contributed by atoms with Gasteiger partial charge in [0, 0.05) is 13.7 Å². The lowest BCUT2D eigenvalue weighted by atomic mass is 9.95. The van der Waals surface area contributed by atoms with Gasteiger partial charge in [-0.1, -0.05) is 42.5 Å². The highest BCUT2D eigenvalue weighted by atomic mass is 16.5. The number of carbonyl (C=O) groups is 2. The molecule has 0 saturated carbocycles. The number of carbonyl (C=O) groups excluding carboxylic acids is 2. The van der Waals surface area contributed by atoms with Gasteiger partial charge in [-0.2, -0.15) is 0 Å². The maximum absolute atomic E-state index is 13.1. The van der Waals surface area contributed by atoms with Crippen molar-refractivity contribution in [3.8, 4) is 11.5 Å². The topological polar surface area (TPSA) is 96.3 Å². The van der Waals surface area contributed by atoms with Crippen molar-refractivity contribution in [1.82, 2.24) is 4.90 Å². The number of hydrogen-bond donors (Lipinski definition) is 2. The van der Waals surface area contributed by atoms with Crippen molar-refractivity contribution in [1.29, 1.82) is 0 Å². The number of amides is 1. The molecule has 0 aromatic heterocycles. The molecule has 1 aliphatic heterocycles. The number of hydrogen-bond acceptors (Lipinski definition) is 6. The number of ether oxygens (including phenoxy) is 2. The zero-order valence-corrected chi connectivity index (χ0v) is 17.4. The molecule has 3 rings (SSSR count). The lowest BCUT2D eigenvalue weighted by molar-refractivity contribution is -0.130. The third-order valence-electron chi connectivity index (χ3n) is 4.93. The van der Waals surface area contributed by atoms with Gasteiger partial charge in [-0.15, -0.1) is 0 Å². The number of rotatable bonds is 9. The zero-order valence-electron chi connectivity index (χ0n) is 17.4. The van der Waals surface area contributed by atoms with Crippen molar-refractivity contribution in [2.75, 3.05) is 26.9 Å². The molecule has 0 aliphatic carbocycles. The monoisotopic (exact) mass is 423 g/mol. The number of aliphatic hydroxyl groups excluding tert-OH is 1. The first-order valence-electron chi connectivity index (χ1n) is 9.94. The van der Waals surface area contributed by atoms with Crippen molar-refractivity contribution in [2.24, 2.45) is 0 Å². The van der Waals surface area contributed by atoms with Crippen LogP contribution in [0.2, 0.25) is 0 Å². The first kappa shape index (κ1) is 22.1. The Morgan fingerprint density at radius 3 is 2.58 bits per heavy atom. The van der Waals surface area contributed by atoms with E-state index in [1.165, 1.54) is 24.2 Å². The summed E-state index contributed by atoms with van der Waals surface area (Å²) in [6.45, 7) is 2.52. The summed E-state index contributed by atoms with van der Waals surface area (Å²) in [5.74, 6) is -1.54. The van der Waals surface area contributed by atoms with E-state index in [-0.39, 0.29) is 30.2 Å². The molecule has 0 spiro atoms. The fourth-order valence-corrected chi connectivity index (χ4v) is 3.47. The third kappa shape index (κ3) is 4.78. The van der Waals surface area contributed by atoms with Crippen molar-refractivity contribution in [3.63, 3.8) is 0 Å². The van der Waals surface area contributed by atoms with Crippen LogP contribution in [-0.4, -0.2) is 53.7 Å². The molecule has 2 aromatic carbocycles. The molecule has 1 atom stereocenters. The maximum Gasteiger partial charge on any atom is 0.290 e. The number of nitrogens with zero attached hydrogens (tertiary/aromatic N) is 1. The van der Waals surface area contributed by atoms with Crippen molar-refractivity contribution in [3.05, 3.63) is 77.1 Å². The lowest BCUT2D eigenvalue weighted by Gasteiger charge is -2.26. The quantitative estimate of drug-likeness (QED) is 0.600. The van der Waals surface area contributed by atoms with E-state index in [2.05, 4.69) is 0 Å². The SMILES string of the molecule is CCOc1cc(C2C(C(=O)C=Cc3ccccc3)=C(O)C(=O)N2CCOC)ccc1O. The molecule has 1 heterocycles. The molecule has 1 unspecified atom stereocenters. The van der Waals surface area contributed by atoms with Gasteiger partial charge in [-0.3, -0.25) is 9.59 Å². The number of phenolic OH excluding ortho intramolecular Hbond substituents is 1. The molecule has 1 aliphatic rings. The number of methoxy groups -OCH3 is 1. The van der Waals surface area contributed by atoms with Crippen LogP contribution >= 0.6 is 0 Å². The summed E-state index contributed by atoms with van der Waals surface area (Å²) in [4.78, 5) is 27.2. The van der Waals surface area contributed by atoms with E-state index in [0.717, 1.165) is 5.56 Å². The highest BCUT2D eigenvalue weighted by Gasteiger charge is 2.42. The third-order valence-corrected chi connectivity index (χ3v) is 4.93. The molecule has 0 fully saturated rings. The van der Waals surface area contributed by atoms with E-state index in [4.69, 9.17) is 9.47 Å². The van der Waals surface area contributed by atoms with Crippen molar-refractivity contribution >= 4 is 17.8 Å². The van der Waals surface area contributed by atoms with Gasteiger partial charge >= 0.3 is 0 Å². The largest absolute Gasteiger partial charge is 0.504 e. The molecular formula is C24H25NO6. The summed E-state index contributed by atoms with van der Waals surface area (Å²) in [7, 11) is 1.51. The number of allylic oxidation sites excluding steroid dienone is 1. The van der Waals surface area contributed by atoms with Gasteiger partial charge in [0.15, 0.2) is 23.0 Å². The number of ketones is 1. The van der Waals surface area contributed by atoms with Crippen LogP contribution in [0, 0.1) is 0 Å². The minimum absolute atomic E-state index is 0.0265. The van der Waals surface area contributed by atoms with Crippen LogP contribution < -0.4 is 4.74 Å². The van der Waals surface area contributed by atoms with Gasteiger partial charge < -0.3 is 24.6 Å². The number of aliphatic hydroxyl groups is 1. The predicted molar refractivity (Wildman–Crippen MR) is 116 cm³/mol. The number of phenols is 1. The van der Waals surface area contributed by atoms with E-state index in [0.29, 0.717) is 12.2 Å². The molecule has 0 bridgehead atoms. The van der Waals surface area contributed by atoms with E-state index >= 15 is 0 Å². The van der Waals surface area contributed by atoms with Gasteiger partial charge in [-0.05, 0) is 36.3 Å². The molecule has 31 heavy (non-hydrogen) atoms. The van der Waals surface area contributed by atoms with Gasteiger partial charge in [0.1, 0.15) is 0 Å². The Bertz CT molecular complexity index is 1010. The highest BCUT2D eigenvalue weighted by Crippen LogP contribution is 2.40. The minimum atomic E-state index is -0.838. The first-order chi connectivity index (χ1) is 15.0. The number of aromatic hydroxyl groups is 1. The van der Waals surface area contributed by atoms with Crippen LogP contribution in [0.1, 0.15) is 24.1 Å². The molecule has 0 radical (unpaired) electrons. The summed E-state index contributed by atoms with van der Waals surface area (Å²) in [5.41, 5.74) is 1.32. The standard InChI is InChI=1S/C24H25NO6/c1-3-31-20-15-17(10-12-18(20)26)22-21(23(28)24(29)25(22)13-14-30-2)19(27)11-9-16-7-5-4-6-8-16/h4-12,15,22,26,28H,3,13-14H2,1-2H3. The average Bonchev–Trinajstić information content (AvgIpc) is 3.03. The van der Waals surface area contributed by atoms with Crippen LogP contribution in [-0.2, 0) is 14.3 Å². The molecule has 7 nitrogen and oxygen atoms in total. The van der Waals surface area contributed by atoms with Crippen LogP contribution in [0.3, 0.4) is 0 Å². The van der Waals surface area contributed by atoms with Gasteiger partial charge in [0.25, 0.3) is 5.91 Å². The Labute approximate surface area is 180 Å². The van der Waals surface area contributed by atoms with E-state index < -0.39 is 23.5 Å². The Morgan fingerprint density at radius 2 is 1.90 bits per heavy atom.